The van der Waals surface area contributed by atoms with Crippen LogP contribution in [0.1, 0.15) is 93.9 Å². The molecule has 0 unspecified atom stereocenters. The van der Waals surface area contributed by atoms with Crippen LogP contribution in [0.25, 0.3) is 0 Å². The summed E-state index contributed by atoms with van der Waals surface area (Å²) in [4.78, 5) is 2.51. The Balaban J connectivity index is 0.000000351. The van der Waals surface area contributed by atoms with E-state index in [-0.39, 0.29) is 31.0 Å². The molecule has 4 nitrogen and oxygen atoms in total. The largest absolute Gasteiger partial charge is 0.378 e. The van der Waals surface area contributed by atoms with Crippen molar-refractivity contribution >= 4 is 17.6 Å². The molecule has 0 spiro atoms. The minimum atomic E-state index is -0.395. The van der Waals surface area contributed by atoms with Gasteiger partial charge in [-0.3, -0.25) is 4.90 Å². The fraction of sp³-hybridized carbons (Fsp3) is 1.00. The summed E-state index contributed by atoms with van der Waals surface area (Å²) >= 11 is 0. The highest BCUT2D eigenvalue weighted by Gasteiger charge is 2.43. The Bertz CT molecular complexity index is 571. The van der Waals surface area contributed by atoms with Crippen molar-refractivity contribution in [3.63, 3.8) is 0 Å². The number of rotatable bonds is 10. The summed E-state index contributed by atoms with van der Waals surface area (Å²) in [7, 11) is 1.47. The van der Waals surface area contributed by atoms with E-state index in [1.807, 2.05) is 0 Å². The molecule has 0 aromatic rings. The first-order valence-electron chi connectivity index (χ1n) is 14.6. The lowest BCUT2D eigenvalue weighted by atomic mass is 9.79. The molecule has 2 aliphatic rings. The maximum atomic E-state index is 6.15. The zero-order chi connectivity index (χ0) is 27.1. The number of hydrogen-bond acceptors (Lipinski definition) is 4. The van der Waals surface area contributed by atoms with E-state index in [2.05, 4.69) is 98.8 Å². The molecular formula is C29H64N2O2Si2. The summed E-state index contributed by atoms with van der Waals surface area (Å²) in [5.41, 5.74) is 0.914. The van der Waals surface area contributed by atoms with Crippen molar-refractivity contribution in [2.45, 2.75) is 167 Å². The average Bonchev–Trinajstić information content (AvgIpc) is 2.64. The van der Waals surface area contributed by atoms with Gasteiger partial charge in [0.15, 0.2) is 0 Å². The van der Waals surface area contributed by atoms with Gasteiger partial charge in [-0.05, 0) is 101 Å². The minimum Gasteiger partial charge on any atom is -0.378 e. The van der Waals surface area contributed by atoms with Gasteiger partial charge < -0.3 is 14.8 Å². The molecule has 0 saturated carbocycles. The first-order valence-corrected chi connectivity index (χ1v) is 20.9. The molecule has 0 aromatic heterocycles. The zero-order valence-electron chi connectivity index (χ0n) is 26.1. The van der Waals surface area contributed by atoms with Crippen LogP contribution in [0.2, 0.25) is 38.3 Å². The van der Waals surface area contributed by atoms with E-state index in [1.165, 1.54) is 24.9 Å². The smallest absolute Gasteiger partial charge is 0.0610 e. The summed E-state index contributed by atoms with van der Waals surface area (Å²) in [6.07, 6.45) is 7.99. The topological polar surface area (TPSA) is 33.7 Å². The fourth-order valence-electron chi connectivity index (χ4n) is 6.23. The Morgan fingerprint density at radius 3 is 1.34 bits per heavy atom. The Morgan fingerprint density at radius 1 is 0.657 bits per heavy atom. The van der Waals surface area contributed by atoms with Gasteiger partial charge in [0.05, 0.1) is 12.2 Å². The molecule has 2 rings (SSSR count). The molecule has 2 saturated heterocycles. The van der Waals surface area contributed by atoms with Crippen LogP contribution < -0.4 is 5.32 Å². The van der Waals surface area contributed by atoms with E-state index >= 15 is 0 Å². The lowest BCUT2D eigenvalue weighted by Crippen LogP contribution is -2.60. The molecule has 2 aliphatic heterocycles. The quantitative estimate of drug-likeness (QED) is 0.252. The fourth-order valence-corrected chi connectivity index (χ4v) is 8.19. The number of ether oxygens (including phenoxy) is 2. The lowest BCUT2D eigenvalue weighted by molar-refractivity contribution is -0.0911. The third-order valence-corrected chi connectivity index (χ3v) is 11.1. The Kier molecular flexibility index (Phi) is 13.2. The van der Waals surface area contributed by atoms with E-state index in [9.17, 15) is 0 Å². The van der Waals surface area contributed by atoms with Crippen LogP contribution in [-0.2, 0) is 9.47 Å². The van der Waals surface area contributed by atoms with E-state index in [4.69, 9.17) is 9.47 Å². The second-order valence-corrected chi connectivity index (χ2v) is 21.7. The van der Waals surface area contributed by atoms with Gasteiger partial charge in [0.2, 0.25) is 0 Å². The maximum Gasteiger partial charge on any atom is 0.0610 e. The van der Waals surface area contributed by atoms with Crippen LogP contribution in [0, 0.1) is 0 Å². The maximum absolute atomic E-state index is 6.15. The Morgan fingerprint density at radius 2 is 1.00 bits per heavy atom. The molecule has 0 radical (unpaired) electrons. The lowest BCUT2D eigenvalue weighted by Gasteiger charge is -2.53. The minimum absolute atomic E-state index is 0.208. The summed E-state index contributed by atoms with van der Waals surface area (Å²) in [6.45, 7) is 30.1. The van der Waals surface area contributed by atoms with E-state index in [0.717, 1.165) is 38.9 Å². The van der Waals surface area contributed by atoms with Crippen molar-refractivity contribution in [1.29, 1.82) is 0 Å². The summed E-state index contributed by atoms with van der Waals surface area (Å²) in [6, 6.07) is 2.83. The Labute approximate surface area is 223 Å². The van der Waals surface area contributed by atoms with Crippen molar-refractivity contribution in [2.75, 3.05) is 20.3 Å². The van der Waals surface area contributed by atoms with Gasteiger partial charge in [-0.1, -0.05) is 38.3 Å². The number of hydrogen-bond donors (Lipinski definition) is 1. The van der Waals surface area contributed by atoms with Gasteiger partial charge in [-0.25, -0.2) is 0 Å². The summed E-state index contributed by atoms with van der Waals surface area (Å²) in [5.74, 6) is 0. The second-order valence-electron chi connectivity index (χ2n) is 15.0. The normalized spacial score (nSPS) is 24.4. The van der Waals surface area contributed by atoms with Gasteiger partial charge >= 0.3 is 0 Å². The van der Waals surface area contributed by atoms with Gasteiger partial charge in [0.25, 0.3) is 0 Å². The van der Waals surface area contributed by atoms with Crippen molar-refractivity contribution in [1.82, 2.24) is 10.2 Å². The van der Waals surface area contributed by atoms with Gasteiger partial charge in [-0.15, -0.1) is 0 Å². The van der Waals surface area contributed by atoms with E-state index < -0.39 is 8.80 Å². The summed E-state index contributed by atoms with van der Waals surface area (Å²) in [5, 5.41) is 3.70. The number of nitrogens with zero attached hydrogens (tertiary/aromatic N) is 1. The van der Waals surface area contributed by atoms with Crippen molar-refractivity contribution < 1.29 is 9.47 Å². The summed E-state index contributed by atoms with van der Waals surface area (Å²) < 4.78 is 12.2. The predicted molar refractivity (Wildman–Crippen MR) is 162 cm³/mol. The van der Waals surface area contributed by atoms with Crippen LogP contribution in [0.4, 0.5) is 0 Å². The SMILES string of the molecule is CN1C(C)(C)CC(OCCC[SiH](C)C)CC1(C)C.C[SiH](C)CCCOC1CC(C)(C)NC(C)(C)C1. The highest BCUT2D eigenvalue weighted by atomic mass is 28.3. The molecule has 0 bridgehead atoms. The van der Waals surface area contributed by atoms with E-state index in [1.54, 1.807) is 0 Å². The van der Waals surface area contributed by atoms with Crippen LogP contribution in [0.15, 0.2) is 0 Å². The second kappa shape index (κ2) is 13.9. The first kappa shape index (κ1) is 33.3. The van der Waals surface area contributed by atoms with Crippen molar-refractivity contribution in [2.24, 2.45) is 0 Å². The zero-order valence-corrected chi connectivity index (χ0v) is 28.5. The molecule has 2 heterocycles. The molecule has 210 valence electrons. The van der Waals surface area contributed by atoms with Crippen LogP contribution in [-0.4, -0.2) is 77.1 Å². The van der Waals surface area contributed by atoms with Crippen LogP contribution in [0.5, 0.6) is 0 Å². The third-order valence-electron chi connectivity index (χ3n) is 7.98. The standard InChI is InChI=1S/C15H33NOSi.C14H31NOSi/c1-14(2)11-13(12-15(3,4)16(14)5)17-9-8-10-18(6)7;1-13(2)10-12(11-14(3,4)15-13)16-8-7-9-17(5)6/h13,18H,8-12H2,1-7H3;12,15,17H,7-11H2,1-6H3. The molecule has 1 N–H and O–H groups in total. The van der Waals surface area contributed by atoms with Gasteiger partial charge in [0.1, 0.15) is 0 Å². The molecule has 6 heteroatoms. The number of likely N-dealkylation sites (tertiary alicyclic amines) is 1. The molecule has 0 amide bonds. The average molecular weight is 529 g/mol. The molecule has 0 aromatic carbocycles. The molecular weight excluding hydrogens is 465 g/mol. The van der Waals surface area contributed by atoms with E-state index in [0.29, 0.717) is 12.2 Å². The molecule has 0 aliphatic carbocycles. The third kappa shape index (κ3) is 13.1. The Hall–Kier alpha value is 0.274. The molecule has 0 atom stereocenters. The molecule has 2 fully saturated rings. The number of piperidine rings is 2. The highest BCUT2D eigenvalue weighted by Crippen LogP contribution is 2.38. The monoisotopic (exact) mass is 528 g/mol. The highest BCUT2D eigenvalue weighted by molar-refractivity contribution is 6.55. The van der Waals surface area contributed by atoms with Gasteiger partial charge in [0, 0.05) is 53.0 Å². The predicted octanol–water partition coefficient (Wildman–Crippen LogP) is 6.72. The first-order chi connectivity index (χ1) is 15.9. The van der Waals surface area contributed by atoms with Crippen LogP contribution >= 0.6 is 0 Å². The number of nitrogens with one attached hydrogen (secondary N) is 1. The molecule has 35 heavy (non-hydrogen) atoms. The van der Waals surface area contributed by atoms with Crippen LogP contribution in [0.3, 0.4) is 0 Å². The van der Waals surface area contributed by atoms with Gasteiger partial charge in [-0.2, -0.15) is 0 Å². The van der Waals surface area contributed by atoms with Crippen molar-refractivity contribution in [3.8, 4) is 0 Å². The van der Waals surface area contributed by atoms with Crippen molar-refractivity contribution in [3.05, 3.63) is 0 Å².